The summed E-state index contributed by atoms with van der Waals surface area (Å²) in [4.78, 5) is 25.4. The molecule has 4 nitrogen and oxygen atoms in total. The Morgan fingerprint density at radius 2 is 1.96 bits per heavy atom. The van der Waals surface area contributed by atoms with Crippen molar-refractivity contribution in [3.8, 4) is 0 Å². The zero-order valence-electron chi connectivity index (χ0n) is 14.2. The normalized spacial score (nSPS) is 12.0. The van der Waals surface area contributed by atoms with E-state index in [4.69, 9.17) is 23.2 Å². The van der Waals surface area contributed by atoms with Crippen LogP contribution < -0.4 is 10.6 Å². The van der Waals surface area contributed by atoms with E-state index in [1.807, 2.05) is 6.07 Å². The number of hydrogen-bond donors (Lipinski definition) is 2. The number of nitrogens with one attached hydrogen (secondary N) is 2. The molecule has 8 heteroatoms. The molecule has 0 aliphatic carbocycles. The smallest absolute Gasteiger partial charge is 0.253 e. The number of fused-ring (bicyclic) bond motifs is 1. The van der Waals surface area contributed by atoms with Gasteiger partial charge in [0.05, 0.1) is 22.2 Å². The highest BCUT2D eigenvalue weighted by Crippen LogP contribution is 2.26. The maximum atomic E-state index is 13.3. The van der Waals surface area contributed by atoms with Crippen LogP contribution in [-0.2, 0) is 11.3 Å². The first-order valence-electron chi connectivity index (χ1n) is 8.05. The van der Waals surface area contributed by atoms with Gasteiger partial charge in [-0.15, -0.1) is 11.3 Å². The fourth-order valence-electron chi connectivity index (χ4n) is 2.50. The third kappa shape index (κ3) is 4.58. The summed E-state index contributed by atoms with van der Waals surface area (Å²) in [6.45, 7) is 1.86. The number of hydrogen-bond acceptors (Lipinski definition) is 3. The number of thiophene rings is 1. The molecular formula is C19H15Cl2FN2O2S. The second kappa shape index (κ2) is 8.25. The molecule has 2 amide bonds. The number of carbonyl (C=O) groups excluding carboxylic acids is 2. The van der Waals surface area contributed by atoms with Crippen molar-refractivity contribution < 1.29 is 14.0 Å². The first-order valence-corrected chi connectivity index (χ1v) is 9.63. The number of halogens is 3. The molecule has 0 saturated heterocycles. The minimum atomic E-state index is -0.764. The number of carbonyl (C=O) groups is 2. The molecule has 0 aliphatic heterocycles. The Hall–Kier alpha value is -2.15. The van der Waals surface area contributed by atoms with Crippen molar-refractivity contribution in [1.82, 2.24) is 10.6 Å². The molecule has 0 fully saturated rings. The topological polar surface area (TPSA) is 58.2 Å². The summed E-state index contributed by atoms with van der Waals surface area (Å²) in [6.07, 6.45) is 0. The van der Waals surface area contributed by atoms with E-state index in [2.05, 4.69) is 10.6 Å². The molecule has 1 atom stereocenters. The zero-order chi connectivity index (χ0) is 19.6. The lowest BCUT2D eigenvalue weighted by atomic mass is 10.2. The van der Waals surface area contributed by atoms with Crippen molar-refractivity contribution in [2.45, 2.75) is 19.5 Å². The van der Waals surface area contributed by atoms with Gasteiger partial charge in [0.25, 0.3) is 5.91 Å². The molecule has 2 aromatic carbocycles. The summed E-state index contributed by atoms with van der Waals surface area (Å²) < 4.78 is 14.2. The largest absolute Gasteiger partial charge is 0.349 e. The molecule has 2 N–H and O–H groups in total. The quantitative estimate of drug-likeness (QED) is 0.618. The van der Waals surface area contributed by atoms with E-state index in [0.717, 1.165) is 15.0 Å². The van der Waals surface area contributed by atoms with Crippen LogP contribution in [0.15, 0.2) is 42.5 Å². The molecule has 3 aromatic rings. The molecule has 0 spiro atoms. The fraction of sp³-hybridized carbons (Fsp3) is 0.158. The summed E-state index contributed by atoms with van der Waals surface area (Å²) in [7, 11) is 0. The average molecular weight is 425 g/mol. The maximum absolute atomic E-state index is 13.3. The zero-order valence-corrected chi connectivity index (χ0v) is 16.5. The van der Waals surface area contributed by atoms with Gasteiger partial charge in [-0.05, 0) is 48.7 Å². The Labute approximate surface area is 169 Å². The van der Waals surface area contributed by atoms with Crippen LogP contribution in [0, 0.1) is 5.82 Å². The highest BCUT2D eigenvalue weighted by atomic mass is 35.5. The predicted octanol–water partition coefficient (Wildman–Crippen LogP) is 4.78. The van der Waals surface area contributed by atoms with Crippen molar-refractivity contribution in [2.24, 2.45) is 0 Å². The lowest BCUT2D eigenvalue weighted by molar-refractivity contribution is -0.122. The van der Waals surface area contributed by atoms with Crippen LogP contribution >= 0.6 is 34.5 Å². The van der Waals surface area contributed by atoms with Crippen molar-refractivity contribution >= 4 is 56.4 Å². The average Bonchev–Trinajstić information content (AvgIpc) is 3.03. The van der Waals surface area contributed by atoms with Crippen molar-refractivity contribution in [3.63, 3.8) is 0 Å². The first kappa shape index (κ1) is 19.6. The predicted molar refractivity (Wildman–Crippen MR) is 107 cm³/mol. The lowest BCUT2D eigenvalue weighted by Crippen LogP contribution is -2.44. The van der Waals surface area contributed by atoms with E-state index >= 15 is 0 Å². The maximum Gasteiger partial charge on any atom is 0.253 e. The first-order chi connectivity index (χ1) is 12.8. The third-order valence-corrected chi connectivity index (χ3v) is 5.84. The molecule has 1 aromatic heterocycles. The molecule has 27 heavy (non-hydrogen) atoms. The Morgan fingerprint density at radius 3 is 2.74 bits per heavy atom. The number of amides is 2. The van der Waals surface area contributed by atoms with E-state index in [0.29, 0.717) is 0 Å². The summed E-state index contributed by atoms with van der Waals surface area (Å²) in [5.41, 5.74) is 0.204. The van der Waals surface area contributed by atoms with Gasteiger partial charge in [0.1, 0.15) is 11.9 Å². The number of rotatable bonds is 5. The highest BCUT2D eigenvalue weighted by Gasteiger charge is 2.19. The van der Waals surface area contributed by atoms with E-state index in [1.54, 1.807) is 25.1 Å². The molecule has 0 bridgehead atoms. The van der Waals surface area contributed by atoms with Crippen molar-refractivity contribution in [3.05, 3.63) is 68.8 Å². The Morgan fingerprint density at radius 1 is 1.19 bits per heavy atom. The Bertz CT molecular complexity index is 1020. The van der Waals surface area contributed by atoms with Gasteiger partial charge in [0.2, 0.25) is 5.91 Å². The number of benzene rings is 2. The highest BCUT2D eigenvalue weighted by molar-refractivity contribution is 7.19. The second-order valence-electron chi connectivity index (χ2n) is 5.91. The van der Waals surface area contributed by atoms with Gasteiger partial charge in [-0.1, -0.05) is 29.3 Å². The molecule has 0 saturated carbocycles. The molecule has 3 rings (SSSR count). The van der Waals surface area contributed by atoms with Crippen LogP contribution in [0.4, 0.5) is 4.39 Å². The second-order valence-corrected chi connectivity index (χ2v) is 7.86. The van der Waals surface area contributed by atoms with Gasteiger partial charge in [-0.3, -0.25) is 9.59 Å². The van der Waals surface area contributed by atoms with Gasteiger partial charge < -0.3 is 10.6 Å². The molecule has 0 radical (unpaired) electrons. The van der Waals surface area contributed by atoms with Crippen LogP contribution in [0.25, 0.3) is 10.1 Å². The summed E-state index contributed by atoms with van der Waals surface area (Å²) in [5.74, 6) is -1.13. The van der Waals surface area contributed by atoms with Gasteiger partial charge >= 0.3 is 0 Å². The molecular weight excluding hydrogens is 410 g/mol. The van der Waals surface area contributed by atoms with Gasteiger partial charge in [0.15, 0.2) is 0 Å². The van der Waals surface area contributed by atoms with Crippen molar-refractivity contribution in [1.29, 1.82) is 0 Å². The summed E-state index contributed by atoms with van der Waals surface area (Å²) in [5, 5.41) is 6.55. The minimum Gasteiger partial charge on any atom is -0.349 e. The van der Waals surface area contributed by atoms with Gasteiger partial charge in [-0.2, -0.15) is 0 Å². The monoisotopic (exact) mass is 424 g/mol. The van der Waals surface area contributed by atoms with Crippen molar-refractivity contribution in [2.75, 3.05) is 0 Å². The summed E-state index contributed by atoms with van der Waals surface area (Å²) >= 11 is 13.4. The summed E-state index contributed by atoms with van der Waals surface area (Å²) in [6, 6.07) is 10.3. The van der Waals surface area contributed by atoms with E-state index in [1.165, 1.54) is 29.5 Å². The van der Waals surface area contributed by atoms with E-state index in [9.17, 15) is 14.0 Å². The van der Waals surface area contributed by atoms with Crippen LogP contribution in [0.2, 0.25) is 10.0 Å². The molecule has 1 heterocycles. The lowest BCUT2D eigenvalue weighted by Gasteiger charge is -2.14. The standard InChI is InChI=1S/C19H15Cl2FN2O2S/c1-10(24-19(26)14-3-2-4-15(20)17(14)21)18(25)23-9-13-8-11-7-12(22)5-6-16(11)27-13/h2-8,10H,9H2,1H3,(H,23,25)(H,24,26). The minimum absolute atomic E-state index is 0.141. The van der Waals surface area contributed by atoms with Gasteiger partial charge in [-0.25, -0.2) is 4.39 Å². The SMILES string of the molecule is CC(NC(=O)c1cccc(Cl)c1Cl)C(=O)NCc1cc2cc(F)ccc2s1. The fourth-order valence-corrected chi connectivity index (χ4v) is 3.87. The van der Waals surface area contributed by atoms with Crippen LogP contribution in [0.1, 0.15) is 22.2 Å². The molecule has 140 valence electrons. The van der Waals surface area contributed by atoms with E-state index < -0.39 is 11.9 Å². The third-order valence-electron chi connectivity index (χ3n) is 3.90. The Kier molecular flexibility index (Phi) is 5.99. The van der Waals surface area contributed by atoms with E-state index in [-0.39, 0.29) is 33.9 Å². The Balaban J connectivity index is 1.60. The van der Waals surface area contributed by atoms with Crippen LogP contribution in [-0.4, -0.2) is 17.9 Å². The van der Waals surface area contributed by atoms with Crippen LogP contribution in [0.3, 0.4) is 0 Å². The van der Waals surface area contributed by atoms with Gasteiger partial charge in [0, 0.05) is 9.58 Å². The molecule has 1 unspecified atom stereocenters. The molecule has 0 aliphatic rings. The van der Waals surface area contributed by atoms with Crippen LogP contribution in [0.5, 0.6) is 0 Å².